The van der Waals surface area contributed by atoms with E-state index in [1.54, 1.807) is 30.2 Å². The first-order valence-electron chi connectivity index (χ1n) is 6.63. The van der Waals surface area contributed by atoms with Crippen LogP contribution in [0.3, 0.4) is 0 Å². The molecule has 0 spiro atoms. The predicted molar refractivity (Wildman–Crippen MR) is 77.5 cm³/mol. The third-order valence-electron chi connectivity index (χ3n) is 2.79. The van der Waals surface area contributed by atoms with Gasteiger partial charge < -0.3 is 15.3 Å². The summed E-state index contributed by atoms with van der Waals surface area (Å²) in [6.07, 6.45) is 3.89. The molecule has 1 atom stereocenters. The largest absolute Gasteiger partial charge is 0.393 e. The molecule has 1 aromatic heterocycles. The van der Waals surface area contributed by atoms with Crippen LogP contribution in [0.1, 0.15) is 30.2 Å². The molecule has 1 unspecified atom stereocenters. The number of amides is 2. The summed E-state index contributed by atoms with van der Waals surface area (Å²) in [5, 5.41) is 13.1. The molecule has 19 heavy (non-hydrogen) atoms. The van der Waals surface area contributed by atoms with Crippen LogP contribution in [0.15, 0.2) is 6.20 Å². The van der Waals surface area contributed by atoms with E-state index in [0.717, 1.165) is 17.8 Å². The van der Waals surface area contributed by atoms with E-state index >= 15 is 0 Å². The van der Waals surface area contributed by atoms with Gasteiger partial charge in [0.2, 0.25) is 0 Å². The molecule has 6 heteroatoms. The Bertz CT molecular complexity index is 393. The zero-order valence-electron chi connectivity index (χ0n) is 11.8. The first kappa shape index (κ1) is 15.9. The minimum Gasteiger partial charge on any atom is -0.393 e. The van der Waals surface area contributed by atoms with Crippen molar-refractivity contribution in [3.8, 4) is 0 Å². The predicted octanol–water partition coefficient (Wildman–Crippen LogP) is 1.66. The second-order valence-electron chi connectivity index (χ2n) is 4.62. The van der Waals surface area contributed by atoms with Gasteiger partial charge in [-0.25, -0.2) is 9.78 Å². The number of nitrogens with zero attached hydrogens (tertiary/aromatic N) is 2. The topological polar surface area (TPSA) is 65.5 Å². The van der Waals surface area contributed by atoms with Crippen LogP contribution in [0.5, 0.6) is 0 Å². The number of thiazole rings is 1. The number of nitrogens with one attached hydrogen (secondary N) is 1. The fourth-order valence-corrected chi connectivity index (χ4v) is 2.38. The third-order valence-corrected chi connectivity index (χ3v) is 4.00. The molecule has 5 nitrogen and oxygen atoms in total. The maximum atomic E-state index is 11.7. The number of aliphatic hydroxyl groups excluding tert-OH is 1. The average Bonchev–Trinajstić information content (AvgIpc) is 2.83. The molecule has 2 N–H and O–H groups in total. The van der Waals surface area contributed by atoms with Gasteiger partial charge >= 0.3 is 6.03 Å². The monoisotopic (exact) mass is 285 g/mol. The molecule has 1 aromatic rings. The van der Waals surface area contributed by atoms with Crippen LogP contribution < -0.4 is 5.32 Å². The zero-order chi connectivity index (χ0) is 14.3. The number of aromatic nitrogens is 1. The molecule has 0 saturated carbocycles. The van der Waals surface area contributed by atoms with Crippen LogP contribution >= 0.6 is 11.3 Å². The standard InChI is InChI=1S/C13H23N3O2S/c1-4-11-9-15-12(19-11)5-7-14-13(18)16(3)8-6-10(2)17/h9-10,17H,4-8H2,1-3H3,(H,14,18). The van der Waals surface area contributed by atoms with Crippen LogP contribution in [0.25, 0.3) is 0 Å². The van der Waals surface area contributed by atoms with Crippen molar-refractivity contribution in [2.75, 3.05) is 20.1 Å². The lowest BCUT2D eigenvalue weighted by Gasteiger charge is -2.18. The SMILES string of the molecule is CCc1cnc(CCNC(=O)N(C)CCC(C)O)s1. The van der Waals surface area contributed by atoms with Crippen LogP contribution in [0, 0.1) is 0 Å². The first-order chi connectivity index (χ1) is 9.02. The highest BCUT2D eigenvalue weighted by molar-refractivity contribution is 7.11. The smallest absolute Gasteiger partial charge is 0.317 e. The van der Waals surface area contributed by atoms with Crippen LogP contribution in [0.2, 0.25) is 0 Å². The van der Waals surface area contributed by atoms with Crippen molar-refractivity contribution in [1.82, 2.24) is 15.2 Å². The van der Waals surface area contributed by atoms with E-state index in [9.17, 15) is 4.79 Å². The lowest BCUT2D eigenvalue weighted by Crippen LogP contribution is -2.39. The van der Waals surface area contributed by atoms with E-state index in [4.69, 9.17) is 5.11 Å². The van der Waals surface area contributed by atoms with E-state index in [1.165, 1.54) is 4.88 Å². The lowest BCUT2D eigenvalue weighted by molar-refractivity contribution is 0.163. The molecule has 0 saturated heterocycles. The van der Waals surface area contributed by atoms with Crippen molar-refractivity contribution in [2.24, 2.45) is 0 Å². The van der Waals surface area contributed by atoms with E-state index < -0.39 is 0 Å². The van der Waals surface area contributed by atoms with E-state index in [1.807, 2.05) is 6.20 Å². The van der Waals surface area contributed by atoms with Gasteiger partial charge in [0.15, 0.2) is 0 Å². The Balaban J connectivity index is 2.22. The Morgan fingerprint density at radius 2 is 2.37 bits per heavy atom. The molecule has 0 aromatic carbocycles. The number of carbonyl (C=O) groups is 1. The van der Waals surface area contributed by atoms with Crippen molar-refractivity contribution < 1.29 is 9.90 Å². The number of hydrogen-bond acceptors (Lipinski definition) is 4. The average molecular weight is 285 g/mol. The fourth-order valence-electron chi connectivity index (χ4n) is 1.52. The summed E-state index contributed by atoms with van der Waals surface area (Å²) < 4.78 is 0. The van der Waals surface area contributed by atoms with Crippen molar-refractivity contribution >= 4 is 17.4 Å². The Labute approximate surface area is 118 Å². The molecule has 0 aliphatic rings. The molecular weight excluding hydrogens is 262 g/mol. The van der Waals surface area contributed by atoms with Crippen molar-refractivity contribution in [3.63, 3.8) is 0 Å². The van der Waals surface area contributed by atoms with Gasteiger partial charge in [-0.05, 0) is 19.8 Å². The summed E-state index contributed by atoms with van der Waals surface area (Å²) in [6.45, 7) is 4.98. The normalized spacial score (nSPS) is 12.2. The van der Waals surface area contributed by atoms with Gasteiger partial charge in [-0.2, -0.15) is 0 Å². The summed E-state index contributed by atoms with van der Waals surface area (Å²) >= 11 is 1.70. The highest BCUT2D eigenvalue weighted by Crippen LogP contribution is 2.13. The summed E-state index contributed by atoms with van der Waals surface area (Å²) in [4.78, 5) is 18.9. The molecule has 1 heterocycles. The number of hydrogen-bond donors (Lipinski definition) is 2. The van der Waals surface area contributed by atoms with E-state index in [2.05, 4.69) is 17.2 Å². The molecule has 0 fully saturated rings. The molecule has 1 rings (SSSR count). The Morgan fingerprint density at radius 1 is 1.63 bits per heavy atom. The molecule has 108 valence electrons. The number of aliphatic hydroxyl groups is 1. The molecule has 2 amide bonds. The van der Waals surface area contributed by atoms with Gasteiger partial charge in [0.25, 0.3) is 0 Å². The van der Waals surface area contributed by atoms with Gasteiger partial charge in [0.1, 0.15) is 0 Å². The molecule has 0 radical (unpaired) electrons. The number of urea groups is 1. The highest BCUT2D eigenvalue weighted by atomic mass is 32.1. The van der Waals surface area contributed by atoms with E-state index in [0.29, 0.717) is 19.5 Å². The fraction of sp³-hybridized carbons (Fsp3) is 0.692. The van der Waals surface area contributed by atoms with Crippen LogP contribution in [-0.4, -0.2) is 47.3 Å². The Hall–Kier alpha value is -1.14. The second kappa shape index (κ2) is 8.12. The molecular formula is C13H23N3O2S. The number of carbonyl (C=O) groups excluding carboxylic acids is 1. The maximum absolute atomic E-state index is 11.7. The van der Waals surface area contributed by atoms with Crippen LogP contribution in [-0.2, 0) is 12.8 Å². The lowest BCUT2D eigenvalue weighted by atomic mass is 10.3. The van der Waals surface area contributed by atoms with Gasteiger partial charge in [0, 0.05) is 37.6 Å². The van der Waals surface area contributed by atoms with Gasteiger partial charge in [0.05, 0.1) is 11.1 Å². The summed E-state index contributed by atoms with van der Waals surface area (Å²) in [7, 11) is 1.73. The third kappa shape index (κ3) is 6.02. The quantitative estimate of drug-likeness (QED) is 0.801. The first-order valence-corrected chi connectivity index (χ1v) is 7.45. The highest BCUT2D eigenvalue weighted by Gasteiger charge is 2.09. The van der Waals surface area contributed by atoms with Crippen molar-refractivity contribution in [3.05, 3.63) is 16.1 Å². The summed E-state index contributed by atoms with van der Waals surface area (Å²) in [6, 6.07) is -0.104. The molecule has 0 bridgehead atoms. The minimum atomic E-state index is -0.377. The zero-order valence-corrected chi connectivity index (χ0v) is 12.7. The summed E-state index contributed by atoms with van der Waals surface area (Å²) in [5.41, 5.74) is 0. The van der Waals surface area contributed by atoms with Crippen molar-refractivity contribution in [2.45, 2.75) is 39.2 Å². The Morgan fingerprint density at radius 3 is 2.95 bits per heavy atom. The van der Waals surface area contributed by atoms with Gasteiger partial charge in [-0.3, -0.25) is 0 Å². The van der Waals surface area contributed by atoms with Crippen LogP contribution in [0.4, 0.5) is 4.79 Å². The van der Waals surface area contributed by atoms with Crippen molar-refractivity contribution in [1.29, 1.82) is 0 Å². The van der Waals surface area contributed by atoms with Gasteiger partial charge in [-0.15, -0.1) is 11.3 Å². The molecule has 0 aliphatic heterocycles. The number of rotatable bonds is 7. The second-order valence-corrected chi connectivity index (χ2v) is 5.81. The summed E-state index contributed by atoms with van der Waals surface area (Å²) in [5.74, 6) is 0. The van der Waals surface area contributed by atoms with E-state index in [-0.39, 0.29) is 12.1 Å². The molecule has 0 aliphatic carbocycles. The minimum absolute atomic E-state index is 0.104. The van der Waals surface area contributed by atoms with Gasteiger partial charge in [-0.1, -0.05) is 6.92 Å². The Kier molecular flexibility index (Phi) is 6.80. The number of aryl methyl sites for hydroxylation is 1. The maximum Gasteiger partial charge on any atom is 0.317 e.